The fourth-order valence-electron chi connectivity index (χ4n) is 7.24. The first-order valence-electron chi connectivity index (χ1n) is 18.9. The van der Waals surface area contributed by atoms with Gasteiger partial charge in [-0.25, -0.2) is 0 Å². The van der Waals surface area contributed by atoms with Crippen molar-refractivity contribution >= 4 is 11.9 Å². The van der Waals surface area contributed by atoms with Crippen LogP contribution in [0.5, 0.6) is 0 Å². The highest BCUT2D eigenvalue weighted by molar-refractivity contribution is 5.69. The lowest BCUT2D eigenvalue weighted by atomic mass is 9.66. The summed E-state index contributed by atoms with van der Waals surface area (Å²) in [6, 6.07) is 0. The molecular formula is C38H71NO6. The topological polar surface area (TPSA) is 74.3 Å². The van der Waals surface area contributed by atoms with E-state index in [0.717, 1.165) is 44.9 Å². The van der Waals surface area contributed by atoms with Gasteiger partial charge in [-0.3, -0.25) is 9.59 Å². The number of rotatable bonds is 22. The quantitative estimate of drug-likeness (QED) is 0.0864. The van der Waals surface area contributed by atoms with Crippen molar-refractivity contribution in [3.63, 3.8) is 0 Å². The van der Waals surface area contributed by atoms with E-state index >= 15 is 0 Å². The minimum atomic E-state index is -0.794. The molecule has 2 fully saturated rings. The second kappa shape index (κ2) is 19.6. The lowest BCUT2D eigenvalue weighted by Crippen LogP contribution is -2.74. The van der Waals surface area contributed by atoms with Crippen molar-refractivity contribution in [2.24, 2.45) is 11.3 Å². The van der Waals surface area contributed by atoms with Gasteiger partial charge in [0.15, 0.2) is 5.79 Å². The summed E-state index contributed by atoms with van der Waals surface area (Å²) in [6.45, 7) is 18.7. The SMILES string of the molecule is CCCCCCCCCC(=O)OCC1(CC)COC2(CC(C)(CC)N(OC(=O)CCCCCCCCC)C(C)(CC)C2C)OC1. The van der Waals surface area contributed by atoms with Crippen molar-refractivity contribution in [2.45, 2.75) is 201 Å². The fraction of sp³-hybridized carbons (Fsp3) is 0.947. The van der Waals surface area contributed by atoms with Gasteiger partial charge in [-0.05, 0) is 46.0 Å². The molecule has 0 aromatic rings. The van der Waals surface area contributed by atoms with Crippen LogP contribution in [0.4, 0.5) is 0 Å². The average Bonchev–Trinajstić information content (AvgIpc) is 3.05. The first-order valence-corrected chi connectivity index (χ1v) is 18.9. The Hall–Kier alpha value is -1.18. The number of piperidine rings is 1. The highest BCUT2D eigenvalue weighted by Crippen LogP contribution is 2.54. The van der Waals surface area contributed by atoms with Crippen LogP contribution >= 0.6 is 0 Å². The maximum Gasteiger partial charge on any atom is 0.325 e. The van der Waals surface area contributed by atoms with Crippen molar-refractivity contribution < 1.29 is 28.6 Å². The smallest absolute Gasteiger partial charge is 0.325 e. The third kappa shape index (κ3) is 11.2. The van der Waals surface area contributed by atoms with Gasteiger partial charge in [-0.1, -0.05) is 119 Å². The first kappa shape index (κ1) is 40.0. The van der Waals surface area contributed by atoms with Gasteiger partial charge < -0.3 is 19.0 Å². The van der Waals surface area contributed by atoms with Gasteiger partial charge >= 0.3 is 11.9 Å². The molecule has 3 atom stereocenters. The van der Waals surface area contributed by atoms with Gasteiger partial charge in [-0.2, -0.15) is 0 Å². The van der Waals surface area contributed by atoms with Crippen LogP contribution < -0.4 is 0 Å². The molecule has 7 nitrogen and oxygen atoms in total. The summed E-state index contributed by atoms with van der Waals surface area (Å²) in [5, 5.41) is 2.01. The molecule has 0 aromatic heterocycles. The number of ether oxygens (including phenoxy) is 3. The Morgan fingerprint density at radius 2 is 1.18 bits per heavy atom. The van der Waals surface area contributed by atoms with Crippen LogP contribution in [-0.2, 0) is 28.6 Å². The summed E-state index contributed by atoms with van der Waals surface area (Å²) < 4.78 is 19.4. The predicted octanol–water partition coefficient (Wildman–Crippen LogP) is 10.1. The number of hydroxylamine groups is 2. The van der Waals surface area contributed by atoms with Crippen molar-refractivity contribution in [2.75, 3.05) is 19.8 Å². The van der Waals surface area contributed by atoms with Gasteiger partial charge in [0, 0.05) is 25.2 Å². The summed E-state index contributed by atoms with van der Waals surface area (Å²) >= 11 is 0. The normalized spacial score (nSPS) is 30.4. The predicted molar refractivity (Wildman–Crippen MR) is 183 cm³/mol. The zero-order valence-corrected chi connectivity index (χ0v) is 30.7. The Morgan fingerprint density at radius 1 is 0.689 bits per heavy atom. The number of esters is 1. The van der Waals surface area contributed by atoms with E-state index in [-0.39, 0.29) is 23.3 Å². The summed E-state index contributed by atoms with van der Waals surface area (Å²) in [4.78, 5) is 32.0. The zero-order valence-electron chi connectivity index (χ0n) is 30.7. The van der Waals surface area contributed by atoms with Crippen molar-refractivity contribution in [1.82, 2.24) is 5.06 Å². The molecule has 2 rings (SSSR count). The number of carbonyl (C=O) groups excluding carboxylic acids is 2. The highest BCUT2D eigenvalue weighted by Gasteiger charge is 2.64. The molecule has 264 valence electrons. The summed E-state index contributed by atoms with van der Waals surface area (Å²) in [7, 11) is 0. The minimum Gasteiger partial charge on any atom is -0.465 e. The number of hydrogen-bond acceptors (Lipinski definition) is 7. The molecule has 7 heteroatoms. The Morgan fingerprint density at radius 3 is 1.64 bits per heavy atom. The van der Waals surface area contributed by atoms with Crippen LogP contribution in [0.2, 0.25) is 0 Å². The molecule has 2 aliphatic rings. The minimum absolute atomic E-state index is 0.0456. The van der Waals surface area contributed by atoms with Crippen LogP contribution in [0.1, 0.15) is 184 Å². The maximum atomic E-state index is 13.1. The monoisotopic (exact) mass is 638 g/mol. The van der Waals surface area contributed by atoms with E-state index in [1.165, 1.54) is 64.2 Å². The number of carbonyl (C=O) groups is 2. The molecule has 0 radical (unpaired) electrons. The molecule has 0 saturated carbocycles. The Labute approximate surface area is 277 Å². The molecule has 0 bridgehead atoms. The maximum absolute atomic E-state index is 13.1. The third-order valence-corrected chi connectivity index (χ3v) is 11.3. The summed E-state index contributed by atoms with van der Waals surface area (Å²) in [5.74, 6) is -1.10. The van der Waals surface area contributed by atoms with Gasteiger partial charge in [0.2, 0.25) is 0 Å². The molecule has 1 spiro atoms. The molecule has 0 aromatic carbocycles. The molecule has 2 aliphatic heterocycles. The number of hydrogen-bond donors (Lipinski definition) is 0. The molecule has 0 amide bonds. The van der Waals surface area contributed by atoms with E-state index in [9.17, 15) is 9.59 Å². The van der Waals surface area contributed by atoms with E-state index in [2.05, 4.69) is 55.4 Å². The van der Waals surface area contributed by atoms with E-state index in [1.807, 2.05) is 5.06 Å². The molecule has 0 aliphatic carbocycles. The molecule has 45 heavy (non-hydrogen) atoms. The van der Waals surface area contributed by atoms with Crippen molar-refractivity contribution in [3.8, 4) is 0 Å². The molecule has 2 heterocycles. The number of unbranched alkanes of at least 4 members (excludes halogenated alkanes) is 12. The summed E-state index contributed by atoms with van der Waals surface area (Å²) in [6.07, 6.45) is 20.4. The van der Waals surface area contributed by atoms with Gasteiger partial charge in [-0.15, -0.1) is 5.06 Å². The zero-order chi connectivity index (χ0) is 33.4. The van der Waals surface area contributed by atoms with Crippen LogP contribution in [0.3, 0.4) is 0 Å². The van der Waals surface area contributed by atoms with Gasteiger partial charge in [0.25, 0.3) is 0 Å². The second-order valence-corrected chi connectivity index (χ2v) is 14.9. The van der Waals surface area contributed by atoms with Crippen LogP contribution in [-0.4, -0.2) is 53.7 Å². The van der Waals surface area contributed by atoms with Gasteiger partial charge in [0.05, 0.1) is 29.7 Å². The Bertz CT molecular complexity index is 855. The molecule has 2 saturated heterocycles. The highest BCUT2D eigenvalue weighted by atomic mass is 16.7. The molecule has 3 unspecified atom stereocenters. The van der Waals surface area contributed by atoms with E-state index < -0.39 is 16.9 Å². The van der Waals surface area contributed by atoms with E-state index in [1.54, 1.807) is 0 Å². The number of nitrogens with zero attached hydrogens (tertiary/aromatic N) is 1. The molecule has 0 N–H and O–H groups in total. The van der Waals surface area contributed by atoms with Crippen molar-refractivity contribution in [1.29, 1.82) is 0 Å². The molecular weight excluding hydrogens is 566 g/mol. The van der Waals surface area contributed by atoms with Gasteiger partial charge in [0.1, 0.15) is 6.61 Å². The van der Waals surface area contributed by atoms with Crippen LogP contribution in [0.25, 0.3) is 0 Å². The third-order valence-electron chi connectivity index (χ3n) is 11.3. The Kier molecular flexibility index (Phi) is 17.4. The average molecular weight is 638 g/mol. The van der Waals surface area contributed by atoms with Crippen LogP contribution in [0.15, 0.2) is 0 Å². The van der Waals surface area contributed by atoms with E-state index in [4.69, 9.17) is 19.0 Å². The standard InChI is InChI=1S/C38H71NO6/c1-9-14-16-18-20-22-24-26-33(40)42-29-37(13-5)30-43-38(44-31-37)28-35(7,11-3)39(36(8,12-4)32(38)6)45-34(41)27-25-23-21-19-17-15-10-2/h32H,9-31H2,1-8H3. The largest absolute Gasteiger partial charge is 0.465 e. The Balaban J connectivity index is 1.98. The first-order chi connectivity index (χ1) is 21.5. The fourth-order valence-corrected chi connectivity index (χ4v) is 7.24. The van der Waals surface area contributed by atoms with Crippen molar-refractivity contribution in [3.05, 3.63) is 0 Å². The van der Waals surface area contributed by atoms with E-state index in [0.29, 0.717) is 39.1 Å². The second-order valence-electron chi connectivity index (χ2n) is 14.9. The van der Waals surface area contributed by atoms with Crippen LogP contribution in [0, 0.1) is 11.3 Å². The lowest BCUT2D eigenvalue weighted by molar-refractivity contribution is -0.403. The lowest BCUT2D eigenvalue weighted by Gasteiger charge is -2.63. The summed E-state index contributed by atoms with van der Waals surface area (Å²) in [5.41, 5.74) is -1.26.